The number of benzene rings is 1. The summed E-state index contributed by atoms with van der Waals surface area (Å²) in [6.07, 6.45) is 2.71. The highest BCUT2D eigenvalue weighted by Gasteiger charge is 2.20. The molecule has 0 bridgehead atoms. The highest BCUT2D eigenvalue weighted by molar-refractivity contribution is 7.07. The molecular formula is C21H25N5O6S. The molecule has 3 N–H and O–H groups in total. The van der Waals surface area contributed by atoms with Gasteiger partial charge in [0.2, 0.25) is 5.91 Å². The molecule has 1 heterocycles. The van der Waals surface area contributed by atoms with E-state index >= 15 is 0 Å². The lowest BCUT2D eigenvalue weighted by atomic mass is 9.91. The van der Waals surface area contributed by atoms with Gasteiger partial charge in [-0.2, -0.15) is 0 Å². The number of aromatic nitrogens is 1. The molecule has 176 valence electrons. The maximum absolute atomic E-state index is 13.0. The Bertz CT molecular complexity index is 1300. The van der Waals surface area contributed by atoms with Gasteiger partial charge in [-0.1, -0.05) is 26.8 Å². The number of hydrogen-bond donors (Lipinski definition) is 2. The Labute approximate surface area is 193 Å². The lowest BCUT2D eigenvalue weighted by Crippen LogP contribution is -2.42. The molecule has 11 nitrogen and oxygen atoms in total. The molecule has 0 atom stereocenters. The third-order valence-electron chi connectivity index (χ3n) is 4.47. The Morgan fingerprint density at radius 3 is 2.42 bits per heavy atom. The number of nitro benzene ring substituents is 1. The maximum atomic E-state index is 13.0. The minimum absolute atomic E-state index is 0.138. The fraction of sp³-hybridized carbons (Fsp3) is 0.333. The van der Waals surface area contributed by atoms with Gasteiger partial charge in [-0.3, -0.25) is 34.4 Å². The number of nitro groups is 1. The van der Waals surface area contributed by atoms with Crippen LogP contribution in [0.2, 0.25) is 0 Å². The van der Waals surface area contributed by atoms with Gasteiger partial charge in [0, 0.05) is 31.7 Å². The van der Waals surface area contributed by atoms with Crippen LogP contribution in [0, 0.1) is 15.5 Å². The average Bonchev–Trinajstić information content (AvgIpc) is 2.95. The van der Waals surface area contributed by atoms with E-state index in [0.717, 1.165) is 15.9 Å². The molecule has 0 aliphatic carbocycles. The summed E-state index contributed by atoms with van der Waals surface area (Å²) in [5.74, 6) is -1.09. The number of ketones is 1. The van der Waals surface area contributed by atoms with Crippen LogP contribution in [0.5, 0.6) is 0 Å². The first-order chi connectivity index (χ1) is 15.2. The van der Waals surface area contributed by atoms with E-state index in [1.807, 2.05) is 5.32 Å². The van der Waals surface area contributed by atoms with Crippen molar-refractivity contribution >= 4 is 52.6 Å². The third kappa shape index (κ3) is 6.35. The number of nitrogens with one attached hydrogen (secondary N) is 1. The second kappa shape index (κ2) is 9.77. The molecular weight excluding hydrogens is 450 g/mol. The number of primary amides is 1. The topological polar surface area (TPSA) is 158 Å². The van der Waals surface area contributed by atoms with Crippen molar-refractivity contribution in [3.63, 3.8) is 0 Å². The smallest absolute Gasteiger partial charge is 0.318 e. The van der Waals surface area contributed by atoms with Crippen LogP contribution in [0.25, 0.3) is 12.2 Å². The fourth-order valence-corrected chi connectivity index (χ4v) is 3.79. The molecule has 3 amide bonds. The predicted octanol–water partition coefficient (Wildman–Crippen LogP) is 0.303. The highest BCUT2D eigenvalue weighted by atomic mass is 32.1. The van der Waals surface area contributed by atoms with Crippen LogP contribution in [0.1, 0.15) is 26.3 Å². The Kier molecular flexibility index (Phi) is 7.54. The standard InChI is InChI=1S/C21H25N5O6S/c1-21(2,3)16(27)10-18-25(11-17(28)23-20(22)30)19(29)15(33-18)9-12-6-7-13(24(4)5)14(8-12)26(31)32/h6-10H,11H2,1-5H3,(H3,22,23,28,30)/b15-9-,18-10-. The van der Waals surface area contributed by atoms with E-state index in [1.165, 1.54) is 18.2 Å². The Balaban J connectivity index is 2.71. The number of nitrogens with two attached hydrogens (primary N) is 1. The first-order valence-corrected chi connectivity index (χ1v) is 10.5. The van der Waals surface area contributed by atoms with Crippen molar-refractivity contribution < 1.29 is 19.3 Å². The van der Waals surface area contributed by atoms with Gasteiger partial charge >= 0.3 is 6.03 Å². The molecule has 1 aromatic heterocycles. The lowest BCUT2D eigenvalue weighted by Gasteiger charge is -2.12. The van der Waals surface area contributed by atoms with Gasteiger partial charge in [-0.25, -0.2) is 4.79 Å². The fourth-order valence-electron chi connectivity index (χ4n) is 2.75. The number of amides is 3. The van der Waals surface area contributed by atoms with Crippen LogP contribution < -0.4 is 30.7 Å². The quantitative estimate of drug-likeness (QED) is 0.449. The molecule has 0 unspecified atom stereocenters. The van der Waals surface area contributed by atoms with Crippen molar-refractivity contribution in [3.8, 4) is 0 Å². The number of hydrogen-bond acceptors (Lipinski definition) is 8. The molecule has 2 rings (SSSR count). The zero-order chi connectivity index (χ0) is 25.1. The van der Waals surface area contributed by atoms with Gasteiger partial charge in [-0.05, 0) is 17.7 Å². The molecule has 0 spiro atoms. The van der Waals surface area contributed by atoms with Gasteiger partial charge in [0.15, 0.2) is 5.78 Å². The van der Waals surface area contributed by atoms with Crippen LogP contribution >= 0.6 is 11.3 Å². The van der Waals surface area contributed by atoms with Crippen LogP contribution in [-0.2, 0) is 16.1 Å². The summed E-state index contributed by atoms with van der Waals surface area (Å²) in [6.45, 7) is 4.59. The molecule has 2 aromatic rings. The van der Waals surface area contributed by atoms with Crippen molar-refractivity contribution in [3.05, 3.63) is 53.4 Å². The Hall–Kier alpha value is -3.80. The van der Waals surface area contributed by atoms with E-state index in [2.05, 4.69) is 0 Å². The summed E-state index contributed by atoms with van der Waals surface area (Å²) in [7, 11) is 3.35. The van der Waals surface area contributed by atoms with Gasteiger partial charge in [0.25, 0.3) is 11.2 Å². The summed E-state index contributed by atoms with van der Waals surface area (Å²) in [5.41, 5.74) is 4.29. The summed E-state index contributed by atoms with van der Waals surface area (Å²) in [5, 5.41) is 13.3. The second-order valence-electron chi connectivity index (χ2n) is 8.41. The third-order valence-corrected chi connectivity index (χ3v) is 5.53. The number of nitrogens with zero attached hydrogens (tertiary/aromatic N) is 3. The SMILES string of the molecule is CN(C)c1ccc(/C=c2\s/c(=C\C(=O)C(C)(C)C)n(CC(=O)NC(N)=O)c2=O)cc1[N+](=O)[O-]. The van der Waals surface area contributed by atoms with Gasteiger partial charge in [0.1, 0.15) is 16.9 Å². The van der Waals surface area contributed by atoms with E-state index in [9.17, 15) is 29.3 Å². The van der Waals surface area contributed by atoms with Crippen molar-refractivity contribution in [2.75, 3.05) is 19.0 Å². The van der Waals surface area contributed by atoms with E-state index in [1.54, 1.807) is 51.9 Å². The van der Waals surface area contributed by atoms with Crippen LogP contribution in [0.15, 0.2) is 23.0 Å². The monoisotopic (exact) mass is 475 g/mol. The number of anilines is 1. The van der Waals surface area contributed by atoms with E-state index in [0.29, 0.717) is 11.3 Å². The second-order valence-corrected chi connectivity index (χ2v) is 9.47. The minimum Gasteiger partial charge on any atom is -0.372 e. The van der Waals surface area contributed by atoms with Crippen LogP contribution in [-0.4, -0.2) is 41.3 Å². The molecule has 1 aromatic carbocycles. The largest absolute Gasteiger partial charge is 0.372 e. The number of carbonyl (C=O) groups excluding carboxylic acids is 3. The Morgan fingerprint density at radius 2 is 1.91 bits per heavy atom. The minimum atomic E-state index is -1.07. The van der Waals surface area contributed by atoms with Crippen molar-refractivity contribution in [2.24, 2.45) is 11.1 Å². The van der Waals surface area contributed by atoms with Crippen LogP contribution in [0.3, 0.4) is 0 Å². The molecule has 33 heavy (non-hydrogen) atoms. The van der Waals surface area contributed by atoms with Gasteiger partial charge < -0.3 is 10.6 Å². The molecule has 0 saturated heterocycles. The highest BCUT2D eigenvalue weighted by Crippen LogP contribution is 2.27. The summed E-state index contributed by atoms with van der Waals surface area (Å²) >= 11 is 0.953. The molecule has 0 fully saturated rings. The van der Waals surface area contributed by atoms with Gasteiger partial charge in [-0.15, -0.1) is 11.3 Å². The van der Waals surface area contributed by atoms with Crippen molar-refractivity contribution in [1.29, 1.82) is 0 Å². The molecule has 12 heteroatoms. The first kappa shape index (κ1) is 25.5. The number of imide groups is 1. The maximum Gasteiger partial charge on any atom is 0.318 e. The van der Waals surface area contributed by atoms with Crippen molar-refractivity contribution in [1.82, 2.24) is 9.88 Å². The van der Waals surface area contributed by atoms with E-state index in [-0.39, 0.29) is 20.7 Å². The van der Waals surface area contributed by atoms with E-state index < -0.39 is 34.4 Å². The average molecular weight is 476 g/mol. The molecule has 0 radical (unpaired) electrons. The Morgan fingerprint density at radius 1 is 1.27 bits per heavy atom. The zero-order valence-corrected chi connectivity index (χ0v) is 19.7. The molecule has 0 saturated carbocycles. The number of Topliss-reactive ketones (excluding diaryl/α,β-unsaturated/α-hetero) is 1. The van der Waals surface area contributed by atoms with Crippen LogP contribution in [0.4, 0.5) is 16.2 Å². The normalized spacial score (nSPS) is 12.5. The summed E-state index contributed by atoms with van der Waals surface area (Å²) in [4.78, 5) is 61.1. The molecule has 0 aliphatic heterocycles. The summed E-state index contributed by atoms with van der Waals surface area (Å²) < 4.78 is 1.41. The molecule has 0 aliphatic rings. The van der Waals surface area contributed by atoms with E-state index in [4.69, 9.17) is 5.73 Å². The first-order valence-electron chi connectivity index (χ1n) is 9.73. The van der Waals surface area contributed by atoms with Crippen molar-refractivity contribution in [2.45, 2.75) is 27.3 Å². The number of thiazole rings is 1. The lowest BCUT2D eigenvalue weighted by molar-refractivity contribution is -0.384. The number of rotatable bonds is 6. The summed E-state index contributed by atoms with van der Waals surface area (Å²) in [6, 6.07) is 3.45. The number of urea groups is 1. The zero-order valence-electron chi connectivity index (χ0n) is 18.9. The predicted molar refractivity (Wildman–Crippen MR) is 125 cm³/mol. The van der Waals surface area contributed by atoms with Gasteiger partial charge in [0.05, 0.1) is 9.46 Å². The number of carbonyl (C=O) groups is 3.